The van der Waals surface area contributed by atoms with Crippen LogP contribution in [0.2, 0.25) is 0 Å². The number of amides is 1. The van der Waals surface area contributed by atoms with E-state index in [0.29, 0.717) is 12.1 Å². The molecular weight excluding hydrogens is 214 g/mol. The second kappa shape index (κ2) is 5.35. The lowest BCUT2D eigenvalue weighted by molar-refractivity contribution is -0.128. The monoisotopic (exact) mass is 229 g/mol. The van der Waals surface area contributed by atoms with Crippen molar-refractivity contribution in [2.75, 3.05) is 25.0 Å². The number of carbonyl (C=O) groups is 1. The Labute approximate surface area is 101 Å². The largest absolute Gasteiger partial charge is 0.376 e. The van der Waals surface area contributed by atoms with Crippen molar-refractivity contribution in [1.82, 2.24) is 4.90 Å². The Balaban J connectivity index is 1.88. The van der Waals surface area contributed by atoms with Crippen LogP contribution < -0.4 is 5.32 Å². The minimum absolute atomic E-state index is 0.130. The molecule has 0 aromatic heterocycles. The van der Waals surface area contributed by atoms with E-state index in [2.05, 4.69) is 11.4 Å². The van der Waals surface area contributed by atoms with Gasteiger partial charge in [0.25, 0.3) is 0 Å². The van der Waals surface area contributed by atoms with Crippen molar-refractivity contribution in [3.63, 3.8) is 0 Å². The SMILES string of the molecule is N#Cc1cccc(NCC(=O)N2CCCC2)c1. The molecule has 4 heteroatoms. The highest BCUT2D eigenvalue weighted by molar-refractivity contribution is 5.81. The zero-order chi connectivity index (χ0) is 12.1. The number of rotatable bonds is 3. The molecule has 1 saturated heterocycles. The minimum Gasteiger partial charge on any atom is -0.376 e. The fourth-order valence-corrected chi connectivity index (χ4v) is 1.95. The molecule has 1 aliphatic heterocycles. The standard InChI is InChI=1S/C13H15N3O/c14-9-11-4-3-5-12(8-11)15-10-13(17)16-6-1-2-7-16/h3-5,8,15H,1-2,6-7,10H2. The van der Waals surface area contributed by atoms with Gasteiger partial charge in [-0.2, -0.15) is 5.26 Å². The number of hydrogen-bond acceptors (Lipinski definition) is 3. The maximum absolute atomic E-state index is 11.8. The first-order valence-electron chi connectivity index (χ1n) is 5.81. The van der Waals surface area contributed by atoms with Gasteiger partial charge in [-0.15, -0.1) is 0 Å². The van der Waals surface area contributed by atoms with E-state index in [4.69, 9.17) is 5.26 Å². The molecule has 0 spiro atoms. The van der Waals surface area contributed by atoms with E-state index < -0.39 is 0 Å². The zero-order valence-corrected chi connectivity index (χ0v) is 9.65. The fourth-order valence-electron chi connectivity index (χ4n) is 1.95. The van der Waals surface area contributed by atoms with Crippen LogP contribution in [-0.2, 0) is 4.79 Å². The summed E-state index contributed by atoms with van der Waals surface area (Å²) >= 11 is 0. The number of anilines is 1. The summed E-state index contributed by atoms with van der Waals surface area (Å²) < 4.78 is 0. The molecule has 88 valence electrons. The van der Waals surface area contributed by atoms with E-state index in [-0.39, 0.29) is 5.91 Å². The maximum Gasteiger partial charge on any atom is 0.241 e. The summed E-state index contributed by atoms with van der Waals surface area (Å²) in [5.74, 6) is 0.130. The number of nitrogens with zero attached hydrogens (tertiary/aromatic N) is 2. The molecule has 4 nitrogen and oxygen atoms in total. The van der Waals surface area contributed by atoms with Crippen molar-refractivity contribution >= 4 is 11.6 Å². The minimum atomic E-state index is 0.130. The van der Waals surface area contributed by atoms with Gasteiger partial charge in [0.1, 0.15) is 0 Å². The van der Waals surface area contributed by atoms with Crippen LogP contribution >= 0.6 is 0 Å². The Kier molecular flexibility index (Phi) is 3.61. The predicted octanol–water partition coefficient (Wildman–Crippen LogP) is 1.59. The van der Waals surface area contributed by atoms with Crippen LogP contribution in [0.15, 0.2) is 24.3 Å². The first kappa shape index (κ1) is 11.5. The first-order valence-corrected chi connectivity index (χ1v) is 5.81. The Bertz CT molecular complexity index is 444. The Morgan fingerprint density at radius 1 is 1.41 bits per heavy atom. The topological polar surface area (TPSA) is 56.1 Å². The van der Waals surface area contributed by atoms with E-state index in [0.717, 1.165) is 31.6 Å². The van der Waals surface area contributed by atoms with Crippen LogP contribution in [0.4, 0.5) is 5.69 Å². The van der Waals surface area contributed by atoms with Crippen LogP contribution in [0.3, 0.4) is 0 Å². The number of carbonyl (C=O) groups excluding carboxylic acids is 1. The van der Waals surface area contributed by atoms with Crippen molar-refractivity contribution in [3.05, 3.63) is 29.8 Å². The van der Waals surface area contributed by atoms with Crippen molar-refractivity contribution in [2.45, 2.75) is 12.8 Å². The molecule has 0 bridgehead atoms. The van der Waals surface area contributed by atoms with Gasteiger partial charge in [-0.1, -0.05) is 6.07 Å². The van der Waals surface area contributed by atoms with Gasteiger partial charge in [-0.05, 0) is 31.0 Å². The van der Waals surface area contributed by atoms with E-state index in [1.165, 1.54) is 0 Å². The van der Waals surface area contributed by atoms with Crippen molar-refractivity contribution < 1.29 is 4.79 Å². The smallest absolute Gasteiger partial charge is 0.241 e. The second-order valence-electron chi connectivity index (χ2n) is 4.13. The number of benzene rings is 1. The van der Waals surface area contributed by atoms with Gasteiger partial charge in [0.15, 0.2) is 0 Å². The summed E-state index contributed by atoms with van der Waals surface area (Å²) in [5, 5.41) is 11.8. The Morgan fingerprint density at radius 3 is 2.88 bits per heavy atom. The van der Waals surface area contributed by atoms with Gasteiger partial charge < -0.3 is 10.2 Å². The number of likely N-dealkylation sites (tertiary alicyclic amines) is 1. The van der Waals surface area contributed by atoms with Gasteiger partial charge in [-0.3, -0.25) is 4.79 Å². The van der Waals surface area contributed by atoms with Crippen LogP contribution in [0.25, 0.3) is 0 Å². The van der Waals surface area contributed by atoms with Crippen molar-refractivity contribution in [1.29, 1.82) is 5.26 Å². The van der Waals surface area contributed by atoms with Gasteiger partial charge in [0, 0.05) is 18.8 Å². The number of hydrogen-bond donors (Lipinski definition) is 1. The van der Waals surface area contributed by atoms with E-state index in [1.807, 2.05) is 11.0 Å². The molecule has 1 amide bonds. The van der Waals surface area contributed by atoms with E-state index >= 15 is 0 Å². The lowest BCUT2D eigenvalue weighted by Crippen LogP contribution is -2.32. The van der Waals surface area contributed by atoms with E-state index in [9.17, 15) is 4.79 Å². The Hall–Kier alpha value is -2.02. The summed E-state index contributed by atoms with van der Waals surface area (Å²) in [6.45, 7) is 2.05. The molecular formula is C13H15N3O. The maximum atomic E-state index is 11.8. The third-order valence-electron chi connectivity index (χ3n) is 2.89. The van der Waals surface area contributed by atoms with E-state index in [1.54, 1.807) is 18.2 Å². The average Bonchev–Trinajstić information content (AvgIpc) is 2.90. The summed E-state index contributed by atoms with van der Waals surface area (Å²) in [6, 6.07) is 9.23. The summed E-state index contributed by atoms with van der Waals surface area (Å²) in [6.07, 6.45) is 2.21. The normalized spacial score (nSPS) is 14.4. The number of nitrogens with one attached hydrogen (secondary N) is 1. The molecule has 2 rings (SSSR count). The molecule has 0 atom stereocenters. The van der Waals surface area contributed by atoms with Gasteiger partial charge in [0.2, 0.25) is 5.91 Å². The molecule has 1 aromatic rings. The molecule has 1 aromatic carbocycles. The molecule has 1 aliphatic rings. The highest BCUT2D eigenvalue weighted by atomic mass is 16.2. The van der Waals surface area contributed by atoms with Gasteiger partial charge in [-0.25, -0.2) is 0 Å². The third kappa shape index (κ3) is 2.97. The highest BCUT2D eigenvalue weighted by Crippen LogP contribution is 2.11. The fraction of sp³-hybridized carbons (Fsp3) is 0.385. The molecule has 1 heterocycles. The second-order valence-corrected chi connectivity index (χ2v) is 4.13. The van der Waals surface area contributed by atoms with Crippen LogP contribution in [0.5, 0.6) is 0 Å². The molecule has 17 heavy (non-hydrogen) atoms. The first-order chi connectivity index (χ1) is 8.29. The van der Waals surface area contributed by atoms with Crippen LogP contribution in [0, 0.1) is 11.3 Å². The molecule has 0 radical (unpaired) electrons. The number of nitriles is 1. The van der Waals surface area contributed by atoms with Gasteiger partial charge in [0.05, 0.1) is 18.2 Å². The molecule has 0 saturated carbocycles. The highest BCUT2D eigenvalue weighted by Gasteiger charge is 2.17. The average molecular weight is 229 g/mol. The predicted molar refractivity (Wildman–Crippen MR) is 65.5 cm³/mol. The zero-order valence-electron chi connectivity index (χ0n) is 9.65. The third-order valence-corrected chi connectivity index (χ3v) is 2.89. The molecule has 1 fully saturated rings. The Morgan fingerprint density at radius 2 is 2.18 bits per heavy atom. The molecule has 1 N–H and O–H groups in total. The van der Waals surface area contributed by atoms with Crippen LogP contribution in [0.1, 0.15) is 18.4 Å². The lowest BCUT2D eigenvalue weighted by Gasteiger charge is -2.15. The quantitative estimate of drug-likeness (QED) is 0.856. The summed E-state index contributed by atoms with van der Waals surface area (Å²) in [7, 11) is 0. The van der Waals surface area contributed by atoms with Gasteiger partial charge >= 0.3 is 0 Å². The molecule has 0 aliphatic carbocycles. The summed E-state index contributed by atoms with van der Waals surface area (Å²) in [5.41, 5.74) is 1.42. The molecule has 0 unspecified atom stereocenters. The van der Waals surface area contributed by atoms with Crippen molar-refractivity contribution in [2.24, 2.45) is 0 Å². The summed E-state index contributed by atoms with van der Waals surface area (Å²) in [4.78, 5) is 13.6. The lowest BCUT2D eigenvalue weighted by atomic mass is 10.2. The van der Waals surface area contributed by atoms with Crippen molar-refractivity contribution in [3.8, 4) is 6.07 Å². The van der Waals surface area contributed by atoms with Crippen LogP contribution in [-0.4, -0.2) is 30.4 Å².